The number of nitro groups is 1. The van der Waals surface area contributed by atoms with Crippen LogP contribution in [0, 0.1) is 10.1 Å². The summed E-state index contributed by atoms with van der Waals surface area (Å²) in [6, 6.07) is 18.6. The second-order valence-electron chi connectivity index (χ2n) is 7.47. The molecular formula is C25H20ClN3O5S. The fourth-order valence-electron chi connectivity index (χ4n) is 3.17. The molecule has 1 amide bonds. The molecule has 1 aliphatic rings. The summed E-state index contributed by atoms with van der Waals surface area (Å²) >= 11 is 7.68. The summed E-state index contributed by atoms with van der Waals surface area (Å²) in [7, 11) is 3.28. The number of ether oxygens (including phenoxy) is 2. The van der Waals surface area contributed by atoms with Crippen molar-refractivity contribution in [1.29, 1.82) is 0 Å². The second-order valence-corrected chi connectivity index (χ2v) is 8.89. The molecule has 0 saturated carbocycles. The summed E-state index contributed by atoms with van der Waals surface area (Å²) in [6.07, 6.45) is 1.76. The molecular weight excluding hydrogens is 490 g/mol. The molecule has 4 rings (SSSR count). The van der Waals surface area contributed by atoms with E-state index in [2.05, 4.69) is 4.99 Å². The SMILES string of the molecule is COc1ccc(N=C2S/C(=C\c3ccc(OCc4ccc([N+](=O)[O-])cc4)c(Cl)c3)C(=O)N2C)cc1. The fraction of sp³-hybridized carbons (Fsp3) is 0.120. The van der Waals surface area contributed by atoms with Gasteiger partial charge in [0.05, 0.1) is 27.6 Å². The first-order chi connectivity index (χ1) is 16.8. The number of non-ortho nitro benzene ring substituents is 1. The lowest BCUT2D eigenvalue weighted by Crippen LogP contribution is -2.23. The molecule has 178 valence electrons. The van der Waals surface area contributed by atoms with Gasteiger partial charge in [0.2, 0.25) is 0 Å². The molecule has 0 N–H and O–H groups in total. The van der Waals surface area contributed by atoms with E-state index in [1.807, 2.05) is 24.3 Å². The maximum absolute atomic E-state index is 12.7. The summed E-state index contributed by atoms with van der Waals surface area (Å²) < 4.78 is 10.9. The Balaban J connectivity index is 1.45. The molecule has 1 heterocycles. The first kappa shape index (κ1) is 24.3. The van der Waals surface area contributed by atoms with Crippen LogP contribution in [0.1, 0.15) is 11.1 Å². The molecule has 1 fully saturated rings. The molecule has 8 nitrogen and oxygen atoms in total. The van der Waals surface area contributed by atoms with Crippen LogP contribution in [0.25, 0.3) is 6.08 Å². The predicted molar refractivity (Wildman–Crippen MR) is 137 cm³/mol. The molecule has 0 radical (unpaired) electrons. The lowest BCUT2D eigenvalue weighted by atomic mass is 10.2. The normalized spacial score (nSPS) is 15.6. The Morgan fingerprint density at radius 2 is 1.83 bits per heavy atom. The maximum atomic E-state index is 12.7. The molecule has 35 heavy (non-hydrogen) atoms. The lowest BCUT2D eigenvalue weighted by Gasteiger charge is -2.09. The summed E-state index contributed by atoms with van der Waals surface area (Å²) in [5.74, 6) is 1.04. The first-order valence-corrected chi connectivity index (χ1v) is 11.6. The summed E-state index contributed by atoms with van der Waals surface area (Å²) in [4.78, 5) is 29.6. The number of carbonyl (C=O) groups is 1. The largest absolute Gasteiger partial charge is 0.497 e. The van der Waals surface area contributed by atoms with E-state index in [4.69, 9.17) is 21.1 Å². The van der Waals surface area contributed by atoms with Gasteiger partial charge in [0, 0.05) is 19.2 Å². The minimum absolute atomic E-state index is 0.0198. The number of methoxy groups -OCH3 is 1. The highest BCUT2D eigenvalue weighted by Crippen LogP contribution is 2.35. The molecule has 0 spiro atoms. The van der Waals surface area contributed by atoms with E-state index < -0.39 is 4.92 Å². The van der Waals surface area contributed by atoms with Gasteiger partial charge < -0.3 is 9.47 Å². The highest BCUT2D eigenvalue weighted by Gasteiger charge is 2.30. The van der Waals surface area contributed by atoms with Crippen LogP contribution in [0.15, 0.2) is 76.6 Å². The van der Waals surface area contributed by atoms with Gasteiger partial charge in [-0.15, -0.1) is 0 Å². The standard InChI is InChI=1S/C25H20ClN3O5S/c1-28-24(30)23(35-25(28)27-18-6-10-20(33-2)11-7-18)14-17-5-12-22(21(26)13-17)34-15-16-3-8-19(9-4-16)29(31)32/h3-14H,15H2,1-2H3/b23-14-,27-25?. The Bertz CT molecular complexity index is 1320. The molecule has 3 aromatic rings. The van der Waals surface area contributed by atoms with Crippen LogP contribution in [0.4, 0.5) is 11.4 Å². The van der Waals surface area contributed by atoms with Crippen LogP contribution in [-0.4, -0.2) is 35.1 Å². The maximum Gasteiger partial charge on any atom is 0.269 e. The van der Waals surface area contributed by atoms with Crippen molar-refractivity contribution in [3.63, 3.8) is 0 Å². The van der Waals surface area contributed by atoms with Crippen LogP contribution in [-0.2, 0) is 11.4 Å². The van der Waals surface area contributed by atoms with Crippen molar-refractivity contribution in [1.82, 2.24) is 4.90 Å². The van der Waals surface area contributed by atoms with Crippen molar-refractivity contribution in [2.45, 2.75) is 6.61 Å². The van der Waals surface area contributed by atoms with Gasteiger partial charge in [-0.05, 0) is 77.5 Å². The van der Waals surface area contributed by atoms with Crippen molar-refractivity contribution in [2.24, 2.45) is 4.99 Å². The number of aliphatic imine (C=N–C) groups is 1. The average Bonchev–Trinajstić information content (AvgIpc) is 3.12. The Hall–Kier alpha value is -3.82. The third-order valence-corrected chi connectivity index (χ3v) is 6.45. The predicted octanol–water partition coefficient (Wildman–Crippen LogP) is 6.07. The molecule has 1 saturated heterocycles. The minimum Gasteiger partial charge on any atom is -0.497 e. The van der Waals surface area contributed by atoms with Crippen molar-refractivity contribution >= 4 is 51.9 Å². The number of likely N-dealkylation sites (N-methyl/N-ethyl adjacent to an activating group) is 1. The number of thioether (sulfide) groups is 1. The van der Waals surface area contributed by atoms with Gasteiger partial charge in [0.25, 0.3) is 11.6 Å². The van der Waals surface area contributed by atoms with Crippen LogP contribution in [0.3, 0.4) is 0 Å². The number of halogens is 1. The molecule has 1 aliphatic heterocycles. The quantitative estimate of drug-likeness (QED) is 0.218. The first-order valence-electron chi connectivity index (χ1n) is 10.4. The molecule has 10 heteroatoms. The molecule has 0 aromatic heterocycles. The van der Waals surface area contributed by atoms with E-state index in [-0.39, 0.29) is 18.2 Å². The number of hydrogen-bond acceptors (Lipinski definition) is 7. The van der Waals surface area contributed by atoms with Crippen LogP contribution in [0.5, 0.6) is 11.5 Å². The third kappa shape index (κ3) is 5.82. The smallest absolute Gasteiger partial charge is 0.269 e. The zero-order valence-corrected chi connectivity index (χ0v) is 20.4. The Morgan fingerprint density at radius 3 is 2.46 bits per heavy atom. The van der Waals surface area contributed by atoms with Crippen LogP contribution >= 0.6 is 23.4 Å². The van der Waals surface area contributed by atoms with Gasteiger partial charge in [-0.3, -0.25) is 19.8 Å². The van der Waals surface area contributed by atoms with Crippen LogP contribution in [0.2, 0.25) is 5.02 Å². The monoisotopic (exact) mass is 509 g/mol. The van der Waals surface area contributed by atoms with E-state index in [9.17, 15) is 14.9 Å². The molecule has 0 atom stereocenters. The van der Waals surface area contributed by atoms with Crippen molar-refractivity contribution in [3.05, 3.63) is 97.9 Å². The van der Waals surface area contributed by atoms with E-state index in [0.717, 1.165) is 16.9 Å². The number of carbonyl (C=O) groups excluding carboxylic acids is 1. The van der Waals surface area contributed by atoms with Gasteiger partial charge in [-0.1, -0.05) is 17.7 Å². The van der Waals surface area contributed by atoms with E-state index >= 15 is 0 Å². The van der Waals surface area contributed by atoms with Gasteiger partial charge >= 0.3 is 0 Å². The number of rotatable bonds is 7. The zero-order valence-electron chi connectivity index (χ0n) is 18.8. The number of amides is 1. The average molecular weight is 510 g/mol. The van der Waals surface area contributed by atoms with Gasteiger partial charge in [-0.2, -0.15) is 0 Å². The summed E-state index contributed by atoms with van der Waals surface area (Å²) in [6.45, 7) is 0.211. The molecule has 0 bridgehead atoms. The van der Waals surface area contributed by atoms with E-state index in [0.29, 0.717) is 26.5 Å². The molecule has 0 aliphatic carbocycles. The number of nitrogens with zero attached hydrogens (tertiary/aromatic N) is 3. The summed E-state index contributed by atoms with van der Waals surface area (Å²) in [5.41, 5.74) is 2.25. The molecule has 0 unspecified atom stereocenters. The number of benzene rings is 3. The third-order valence-electron chi connectivity index (χ3n) is 5.10. The fourth-order valence-corrected chi connectivity index (χ4v) is 4.40. The summed E-state index contributed by atoms with van der Waals surface area (Å²) in [5, 5.41) is 11.7. The van der Waals surface area contributed by atoms with Crippen molar-refractivity contribution in [2.75, 3.05) is 14.2 Å². The Morgan fingerprint density at radius 1 is 1.11 bits per heavy atom. The highest BCUT2D eigenvalue weighted by atomic mass is 35.5. The lowest BCUT2D eigenvalue weighted by molar-refractivity contribution is -0.384. The van der Waals surface area contributed by atoms with Crippen molar-refractivity contribution in [3.8, 4) is 11.5 Å². The number of amidine groups is 1. The Labute approximate surface area is 211 Å². The Kier molecular flexibility index (Phi) is 7.38. The highest BCUT2D eigenvalue weighted by molar-refractivity contribution is 8.18. The minimum atomic E-state index is -0.451. The molecule has 3 aromatic carbocycles. The number of nitro benzene ring substituents is 1. The van der Waals surface area contributed by atoms with Gasteiger partial charge in [-0.25, -0.2) is 4.99 Å². The zero-order chi connectivity index (χ0) is 24.9. The van der Waals surface area contributed by atoms with E-state index in [1.54, 1.807) is 50.6 Å². The van der Waals surface area contributed by atoms with Gasteiger partial charge in [0.15, 0.2) is 5.17 Å². The van der Waals surface area contributed by atoms with Crippen molar-refractivity contribution < 1.29 is 19.2 Å². The number of hydrogen-bond donors (Lipinski definition) is 0. The topological polar surface area (TPSA) is 94.3 Å². The van der Waals surface area contributed by atoms with Crippen LogP contribution < -0.4 is 9.47 Å². The van der Waals surface area contributed by atoms with E-state index in [1.165, 1.54) is 28.8 Å². The second kappa shape index (κ2) is 10.6. The van der Waals surface area contributed by atoms with Gasteiger partial charge in [0.1, 0.15) is 18.1 Å².